The highest BCUT2D eigenvalue weighted by Crippen LogP contribution is 2.25. The first-order chi connectivity index (χ1) is 8.47. The van der Waals surface area contributed by atoms with Gasteiger partial charge in [0.2, 0.25) is 0 Å². The molecule has 18 heavy (non-hydrogen) atoms. The Balaban J connectivity index is 2.93. The van der Waals surface area contributed by atoms with Crippen LogP contribution in [0.5, 0.6) is 0 Å². The molecule has 1 rings (SSSR count). The lowest BCUT2D eigenvalue weighted by atomic mass is 9.94. The van der Waals surface area contributed by atoms with Crippen molar-refractivity contribution < 1.29 is 18.7 Å². The summed E-state index contributed by atoms with van der Waals surface area (Å²) in [6.45, 7) is 0.354. The highest BCUT2D eigenvalue weighted by Gasteiger charge is 2.22. The third-order valence-corrected chi connectivity index (χ3v) is 3.31. The third-order valence-electron chi connectivity index (χ3n) is 2.70. The normalized spacial score (nSPS) is 12.4. The van der Waals surface area contributed by atoms with Gasteiger partial charge in [-0.25, -0.2) is 8.78 Å². The van der Waals surface area contributed by atoms with Gasteiger partial charge in [0.15, 0.2) is 0 Å². The molecule has 0 aliphatic rings. The molecule has 0 fully saturated rings. The van der Waals surface area contributed by atoms with Crippen LogP contribution >= 0.6 is 15.9 Å². The van der Waals surface area contributed by atoms with E-state index in [0.29, 0.717) is 19.4 Å². The molecular weight excluding hydrogens is 308 g/mol. The van der Waals surface area contributed by atoms with Gasteiger partial charge in [-0.1, -0.05) is 0 Å². The molecule has 0 aliphatic heterocycles. The first-order valence-electron chi connectivity index (χ1n) is 5.52. The summed E-state index contributed by atoms with van der Waals surface area (Å²) >= 11 is 2.95. The highest BCUT2D eigenvalue weighted by molar-refractivity contribution is 9.10. The second-order valence-electron chi connectivity index (χ2n) is 3.99. The molecular formula is C12H14BrF2NO2. The fourth-order valence-corrected chi connectivity index (χ4v) is 2.05. The lowest BCUT2D eigenvalue weighted by Crippen LogP contribution is -2.19. The number of carboxylic acid groups (broad SMARTS) is 1. The van der Waals surface area contributed by atoms with Crippen molar-refractivity contribution in [1.29, 1.82) is 0 Å². The van der Waals surface area contributed by atoms with Gasteiger partial charge in [0.05, 0.1) is 10.4 Å². The minimum absolute atomic E-state index is 0.127. The van der Waals surface area contributed by atoms with Gasteiger partial charge in [0.1, 0.15) is 11.6 Å². The molecule has 0 aromatic heterocycles. The van der Waals surface area contributed by atoms with Crippen LogP contribution < -0.4 is 5.73 Å². The Hall–Kier alpha value is -1.01. The minimum atomic E-state index is -1.07. The number of nitrogens with two attached hydrogens (primary N) is 1. The molecule has 0 saturated carbocycles. The molecule has 6 heteroatoms. The van der Waals surface area contributed by atoms with E-state index in [2.05, 4.69) is 15.9 Å². The molecule has 0 heterocycles. The van der Waals surface area contributed by atoms with E-state index in [9.17, 15) is 13.6 Å². The third kappa shape index (κ3) is 3.74. The van der Waals surface area contributed by atoms with Crippen molar-refractivity contribution in [1.82, 2.24) is 0 Å². The van der Waals surface area contributed by atoms with E-state index >= 15 is 0 Å². The van der Waals surface area contributed by atoms with Gasteiger partial charge >= 0.3 is 5.97 Å². The first-order valence-corrected chi connectivity index (χ1v) is 6.32. The van der Waals surface area contributed by atoms with Crippen molar-refractivity contribution in [2.24, 2.45) is 11.7 Å². The number of rotatable bonds is 6. The zero-order valence-corrected chi connectivity index (χ0v) is 11.2. The lowest BCUT2D eigenvalue weighted by molar-refractivity contribution is -0.142. The van der Waals surface area contributed by atoms with Crippen molar-refractivity contribution in [3.8, 4) is 0 Å². The zero-order chi connectivity index (χ0) is 13.7. The number of carbonyl (C=O) groups is 1. The predicted molar refractivity (Wildman–Crippen MR) is 67.2 cm³/mol. The number of halogens is 3. The average Bonchev–Trinajstić information content (AvgIpc) is 2.33. The maximum absolute atomic E-state index is 13.7. The maximum Gasteiger partial charge on any atom is 0.306 e. The topological polar surface area (TPSA) is 63.3 Å². The van der Waals surface area contributed by atoms with E-state index < -0.39 is 23.5 Å². The van der Waals surface area contributed by atoms with Crippen molar-refractivity contribution in [3.05, 3.63) is 33.8 Å². The second-order valence-corrected chi connectivity index (χ2v) is 4.85. The van der Waals surface area contributed by atoms with Crippen LogP contribution in [0.4, 0.5) is 8.78 Å². The van der Waals surface area contributed by atoms with Crippen LogP contribution in [0.3, 0.4) is 0 Å². The van der Waals surface area contributed by atoms with E-state index in [1.165, 1.54) is 6.07 Å². The maximum atomic E-state index is 13.7. The van der Waals surface area contributed by atoms with Crippen molar-refractivity contribution in [2.45, 2.75) is 19.3 Å². The van der Waals surface area contributed by atoms with E-state index in [1.807, 2.05) is 0 Å². The largest absolute Gasteiger partial charge is 0.481 e. The summed E-state index contributed by atoms with van der Waals surface area (Å²) < 4.78 is 27.3. The van der Waals surface area contributed by atoms with Crippen LogP contribution in [0.15, 0.2) is 16.6 Å². The fraction of sp³-hybridized carbons (Fsp3) is 0.417. The number of hydrogen-bond acceptors (Lipinski definition) is 2. The number of carboxylic acids is 1. The zero-order valence-electron chi connectivity index (χ0n) is 9.63. The van der Waals surface area contributed by atoms with Crippen LogP contribution in [0.25, 0.3) is 0 Å². The first kappa shape index (κ1) is 15.0. The van der Waals surface area contributed by atoms with E-state index in [4.69, 9.17) is 10.8 Å². The number of aliphatic carboxylic acids is 1. The summed E-state index contributed by atoms with van der Waals surface area (Å²) in [7, 11) is 0. The Morgan fingerprint density at radius 3 is 2.67 bits per heavy atom. The molecule has 0 bridgehead atoms. The number of hydrogen-bond donors (Lipinski definition) is 2. The highest BCUT2D eigenvalue weighted by atomic mass is 79.9. The van der Waals surface area contributed by atoms with E-state index in [1.54, 1.807) is 0 Å². The Labute approximate surface area is 112 Å². The van der Waals surface area contributed by atoms with Gasteiger partial charge in [0, 0.05) is 5.56 Å². The smallest absolute Gasteiger partial charge is 0.306 e. The summed E-state index contributed by atoms with van der Waals surface area (Å²) in [6.07, 6.45) is 0.637. The molecule has 1 atom stereocenters. The molecule has 3 nitrogen and oxygen atoms in total. The van der Waals surface area contributed by atoms with Gasteiger partial charge in [-0.15, -0.1) is 0 Å². The summed E-state index contributed by atoms with van der Waals surface area (Å²) in [5.41, 5.74) is 5.11. The molecule has 1 aromatic rings. The van der Waals surface area contributed by atoms with Crippen LogP contribution in [0, 0.1) is 17.6 Å². The lowest BCUT2D eigenvalue weighted by Gasteiger charge is -2.13. The van der Waals surface area contributed by atoms with Crippen molar-refractivity contribution >= 4 is 21.9 Å². The Bertz CT molecular complexity index is 440. The summed E-state index contributed by atoms with van der Waals surface area (Å²) in [5.74, 6) is -3.36. The van der Waals surface area contributed by atoms with Crippen LogP contribution in [0.1, 0.15) is 18.4 Å². The second kappa shape index (κ2) is 6.80. The molecule has 1 aromatic carbocycles. The van der Waals surface area contributed by atoms with E-state index in [-0.39, 0.29) is 16.5 Å². The molecule has 0 radical (unpaired) electrons. The monoisotopic (exact) mass is 321 g/mol. The number of benzene rings is 1. The summed E-state index contributed by atoms with van der Waals surface area (Å²) in [5, 5.41) is 9.01. The predicted octanol–water partition coefficient (Wildman–Crippen LogP) is 2.71. The standard InChI is InChI=1S/C12H14BrF2NO2/c13-9-3-4-10(14)8(11(9)15)6-7(12(17)18)2-1-5-16/h3-4,7H,1-2,5-6,16H2,(H,17,18). The van der Waals surface area contributed by atoms with Crippen molar-refractivity contribution in [2.75, 3.05) is 6.54 Å². The molecule has 1 unspecified atom stereocenters. The van der Waals surface area contributed by atoms with Gasteiger partial charge in [-0.2, -0.15) is 0 Å². The SMILES string of the molecule is NCCCC(Cc1c(F)ccc(Br)c1F)C(=O)O. The van der Waals surface area contributed by atoms with Crippen LogP contribution in [-0.4, -0.2) is 17.6 Å². The molecule has 0 spiro atoms. The van der Waals surface area contributed by atoms with Crippen LogP contribution in [-0.2, 0) is 11.2 Å². The quantitative estimate of drug-likeness (QED) is 0.792. The van der Waals surface area contributed by atoms with Gasteiger partial charge in [0.25, 0.3) is 0 Å². The van der Waals surface area contributed by atoms with Gasteiger partial charge in [-0.3, -0.25) is 4.79 Å². The van der Waals surface area contributed by atoms with Gasteiger partial charge < -0.3 is 10.8 Å². The average molecular weight is 322 g/mol. The molecule has 100 valence electrons. The minimum Gasteiger partial charge on any atom is -0.481 e. The van der Waals surface area contributed by atoms with Crippen LogP contribution in [0.2, 0.25) is 0 Å². The Morgan fingerprint density at radius 1 is 1.44 bits per heavy atom. The Kier molecular flexibility index (Phi) is 5.68. The van der Waals surface area contributed by atoms with E-state index in [0.717, 1.165) is 6.07 Å². The Morgan fingerprint density at radius 2 is 2.11 bits per heavy atom. The fourth-order valence-electron chi connectivity index (χ4n) is 1.68. The molecule has 3 N–H and O–H groups in total. The summed E-state index contributed by atoms with van der Waals surface area (Å²) in [6, 6.07) is 2.37. The summed E-state index contributed by atoms with van der Waals surface area (Å²) in [4.78, 5) is 11.0. The molecule has 0 saturated heterocycles. The van der Waals surface area contributed by atoms with Gasteiger partial charge in [-0.05, 0) is 53.9 Å². The molecule has 0 amide bonds. The molecule has 0 aliphatic carbocycles. The van der Waals surface area contributed by atoms with Crippen molar-refractivity contribution in [3.63, 3.8) is 0 Å².